The van der Waals surface area contributed by atoms with E-state index in [1.165, 1.54) is 20.3 Å². The minimum atomic E-state index is -4.52. The van der Waals surface area contributed by atoms with Crippen LogP contribution in [-0.2, 0) is 6.18 Å². The van der Waals surface area contributed by atoms with E-state index in [0.29, 0.717) is 28.0 Å². The predicted molar refractivity (Wildman–Crippen MR) is 105 cm³/mol. The molecule has 1 aromatic heterocycles. The highest BCUT2D eigenvalue weighted by atomic mass is 19.4. The van der Waals surface area contributed by atoms with Crippen molar-refractivity contribution in [3.8, 4) is 17.6 Å². The van der Waals surface area contributed by atoms with Crippen molar-refractivity contribution in [2.45, 2.75) is 19.1 Å². The van der Waals surface area contributed by atoms with Crippen molar-refractivity contribution in [3.05, 3.63) is 47.3 Å². The van der Waals surface area contributed by atoms with Crippen LogP contribution >= 0.6 is 0 Å². The van der Waals surface area contributed by atoms with E-state index in [9.17, 15) is 18.4 Å². The minimum Gasteiger partial charge on any atom is -0.493 e. The van der Waals surface area contributed by atoms with Crippen LogP contribution in [0, 0.1) is 11.3 Å². The number of nitrogens with zero attached hydrogens (tertiary/aromatic N) is 3. The lowest BCUT2D eigenvalue weighted by atomic mass is 10.0. The first-order valence-corrected chi connectivity index (χ1v) is 8.74. The third kappa shape index (κ3) is 4.15. The fourth-order valence-corrected chi connectivity index (χ4v) is 2.99. The summed E-state index contributed by atoms with van der Waals surface area (Å²) >= 11 is 0. The van der Waals surface area contributed by atoms with Crippen molar-refractivity contribution in [2.24, 2.45) is 0 Å². The number of fused-ring (bicyclic) bond motifs is 1. The van der Waals surface area contributed by atoms with Gasteiger partial charge in [0.15, 0.2) is 11.5 Å². The van der Waals surface area contributed by atoms with Gasteiger partial charge in [-0.1, -0.05) is 0 Å². The first-order valence-electron chi connectivity index (χ1n) is 8.74. The fourth-order valence-electron chi connectivity index (χ4n) is 2.99. The summed E-state index contributed by atoms with van der Waals surface area (Å²) in [4.78, 5) is 8.34. The molecule has 30 heavy (non-hydrogen) atoms. The van der Waals surface area contributed by atoms with Crippen LogP contribution in [0.3, 0.4) is 0 Å². The number of nitrogens with one attached hydrogen (secondary N) is 1. The smallest absolute Gasteiger partial charge is 0.416 e. The lowest BCUT2D eigenvalue weighted by Gasteiger charge is -2.19. The van der Waals surface area contributed by atoms with Crippen molar-refractivity contribution < 1.29 is 22.6 Å². The number of alkyl halides is 3. The van der Waals surface area contributed by atoms with Crippen molar-refractivity contribution >= 4 is 22.4 Å². The number of halogens is 3. The van der Waals surface area contributed by atoms with Gasteiger partial charge in [-0.25, -0.2) is 9.97 Å². The van der Waals surface area contributed by atoms with Crippen LogP contribution in [0.2, 0.25) is 0 Å². The SMILES string of the molecule is COc1cc2nc(C#N)nc(N[C@H](C)c3cc(N)cc(C(F)(F)F)c3)c2cc1OC. The maximum atomic E-state index is 13.1. The number of ether oxygens (including phenoxy) is 2. The van der Waals surface area contributed by atoms with Gasteiger partial charge in [-0.2, -0.15) is 18.4 Å². The van der Waals surface area contributed by atoms with E-state index >= 15 is 0 Å². The third-order valence-corrected chi connectivity index (χ3v) is 4.46. The topological polar surface area (TPSA) is 106 Å². The second kappa shape index (κ2) is 7.94. The molecule has 0 unspecified atom stereocenters. The number of hydrogen-bond acceptors (Lipinski definition) is 7. The van der Waals surface area contributed by atoms with Gasteiger partial charge in [0.25, 0.3) is 0 Å². The maximum Gasteiger partial charge on any atom is 0.416 e. The second-order valence-corrected chi connectivity index (χ2v) is 6.48. The highest BCUT2D eigenvalue weighted by molar-refractivity contribution is 5.92. The average Bonchev–Trinajstić information content (AvgIpc) is 2.71. The molecule has 156 valence electrons. The lowest BCUT2D eigenvalue weighted by molar-refractivity contribution is -0.137. The number of hydrogen-bond donors (Lipinski definition) is 2. The number of benzene rings is 2. The summed E-state index contributed by atoms with van der Waals surface area (Å²) in [5.41, 5.74) is 5.54. The quantitative estimate of drug-likeness (QED) is 0.597. The van der Waals surface area contributed by atoms with Crippen LogP contribution in [0.25, 0.3) is 10.9 Å². The number of methoxy groups -OCH3 is 2. The molecule has 3 aromatic rings. The highest BCUT2D eigenvalue weighted by Gasteiger charge is 2.31. The molecule has 7 nitrogen and oxygen atoms in total. The van der Waals surface area contributed by atoms with Gasteiger partial charge in [-0.15, -0.1) is 0 Å². The largest absolute Gasteiger partial charge is 0.493 e. The Bertz CT molecular complexity index is 1140. The number of anilines is 2. The number of nitrogens with two attached hydrogens (primary N) is 1. The molecule has 1 atom stereocenters. The first kappa shape index (κ1) is 21.0. The molecule has 0 amide bonds. The van der Waals surface area contributed by atoms with Gasteiger partial charge in [0.05, 0.1) is 31.3 Å². The molecule has 10 heteroatoms. The van der Waals surface area contributed by atoms with E-state index in [1.54, 1.807) is 19.1 Å². The zero-order chi connectivity index (χ0) is 22.1. The summed E-state index contributed by atoms with van der Waals surface area (Å²) in [5.74, 6) is 0.989. The Labute approximate surface area is 170 Å². The number of aromatic nitrogens is 2. The minimum absolute atomic E-state index is 0.00913. The average molecular weight is 417 g/mol. The van der Waals surface area contributed by atoms with E-state index in [1.807, 2.05) is 6.07 Å². The van der Waals surface area contributed by atoms with E-state index < -0.39 is 17.8 Å². The Kier molecular flexibility index (Phi) is 5.56. The van der Waals surface area contributed by atoms with Gasteiger partial charge < -0.3 is 20.5 Å². The summed E-state index contributed by atoms with van der Waals surface area (Å²) < 4.78 is 50.0. The Morgan fingerprint density at radius 2 is 1.73 bits per heavy atom. The van der Waals surface area contributed by atoms with Crippen LogP contribution < -0.4 is 20.5 Å². The predicted octanol–water partition coefficient (Wildman–Crippen LogP) is 4.29. The van der Waals surface area contributed by atoms with Crippen LogP contribution in [0.4, 0.5) is 24.7 Å². The van der Waals surface area contributed by atoms with Crippen LogP contribution in [0.15, 0.2) is 30.3 Å². The molecule has 3 N–H and O–H groups in total. The van der Waals surface area contributed by atoms with E-state index in [-0.39, 0.29) is 17.3 Å². The van der Waals surface area contributed by atoms with Gasteiger partial charge in [-0.3, -0.25) is 0 Å². The van der Waals surface area contributed by atoms with Crippen LogP contribution in [0.5, 0.6) is 11.5 Å². The lowest BCUT2D eigenvalue weighted by Crippen LogP contribution is -2.13. The molecule has 2 aromatic carbocycles. The van der Waals surface area contributed by atoms with Gasteiger partial charge in [0, 0.05) is 17.1 Å². The van der Waals surface area contributed by atoms with Gasteiger partial charge in [-0.05, 0) is 36.8 Å². The monoisotopic (exact) mass is 417 g/mol. The van der Waals surface area contributed by atoms with Gasteiger partial charge in [0.1, 0.15) is 11.9 Å². The molecule has 0 saturated carbocycles. The van der Waals surface area contributed by atoms with E-state index in [0.717, 1.165) is 12.1 Å². The van der Waals surface area contributed by atoms with Crippen molar-refractivity contribution in [3.63, 3.8) is 0 Å². The summed E-state index contributed by atoms with van der Waals surface area (Å²) in [6.07, 6.45) is -4.52. The van der Waals surface area contributed by atoms with E-state index in [4.69, 9.17) is 15.2 Å². The number of rotatable bonds is 5. The molecule has 0 radical (unpaired) electrons. The Morgan fingerprint density at radius 1 is 1.07 bits per heavy atom. The standard InChI is InChI=1S/C20H18F3N5O2/c1-10(11-4-12(20(21,22)23)6-13(25)5-11)26-19-14-7-16(29-2)17(30-3)8-15(14)27-18(9-24)28-19/h4-8,10H,25H2,1-3H3,(H,26,27,28)/t10-/m1/s1. The summed E-state index contributed by atoms with van der Waals surface area (Å²) in [6.45, 7) is 1.66. The molecule has 0 fully saturated rings. The molecule has 0 bridgehead atoms. The Balaban J connectivity index is 2.09. The molecule has 3 rings (SSSR count). The van der Waals surface area contributed by atoms with Crippen molar-refractivity contribution in [2.75, 3.05) is 25.3 Å². The molecular formula is C20H18F3N5O2. The molecule has 0 saturated heterocycles. The second-order valence-electron chi connectivity index (χ2n) is 6.48. The molecular weight excluding hydrogens is 399 g/mol. The highest BCUT2D eigenvalue weighted by Crippen LogP contribution is 2.36. The molecule has 0 spiro atoms. The third-order valence-electron chi connectivity index (χ3n) is 4.46. The maximum absolute atomic E-state index is 13.1. The van der Waals surface area contributed by atoms with Crippen molar-refractivity contribution in [1.82, 2.24) is 9.97 Å². The molecule has 0 aliphatic heterocycles. The zero-order valence-electron chi connectivity index (χ0n) is 16.3. The summed E-state index contributed by atoms with van der Waals surface area (Å²) in [7, 11) is 2.94. The number of nitriles is 1. The molecule has 0 aliphatic carbocycles. The normalized spacial score (nSPS) is 12.3. The van der Waals surface area contributed by atoms with Gasteiger partial charge in [0.2, 0.25) is 5.82 Å². The molecule has 1 heterocycles. The molecule has 0 aliphatic rings. The zero-order valence-corrected chi connectivity index (χ0v) is 16.3. The fraction of sp³-hybridized carbons (Fsp3) is 0.250. The Morgan fingerprint density at radius 3 is 2.33 bits per heavy atom. The van der Waals surface area contributed by atoms with Crippen LogP contribution in [0.1, 0.15) is 29.9 Å². The van der Waals surface area contributed by atoms with Crippen molar-refractivity contribution in [1.29, 1.82) is 5.26 Å². The summed E-state index contributed by atoms with van der Waals surface area (Å²) in [6, 6.07) is 7.84. The number of nitrogen functional groups attached to an aromatic ring is 1. The Hall–Kier alpha value is -3.74. The summed E-state index contributed by atoms with van der Waals surface area (Å²) in [5, 5.41) is 12.8. The van der Waals surface area contributed by atoms with E-state index in [2.05, 4.69) is 15.3 Å². The van der Waals surface area contributed by atoms with Crippen LogP contribution in [-0.4, -0.2) is 24.2 Å². The van der Waals surface area contributed by atoms with Gasteiger partial charge >= 0.3 is 6.18 Å². The first-order chi connectivity index (χ1) is 14.2.